The minimum atomic E-state index is -0.339. The average Bonchev–Trinajstić information content (AvgIpc) is 3.20. The van der Waals surface area contributed by atoms with Crippen LogP contribution >= 0.6 is 0 Å². The van der Waals surface area contributed by atoms with Crippen LogP contribution in [0, 0.1) is 5.82 Å². The number of rotatable bonds is 4. The molecule has 5 nitrogen and oxygen atoms in total. The summed E-state index contributed by atoms with van der Waals surface area (Å²) >= 11 is 0. The van der Waals surface area contributed by atoms with Crippen LogP contribution in [0.2, 0.25) is 0 Å². The van der Waals surface area contributed by atoms with Crippen LogP contribution in [0.1, 0.15) is 17.9 Å². The van der Waals surface area contributed by atoms with Crippen molar-refractivity contribution in [1.82, 2.24) is 19.9 Å². The average molecular weight is 400 g/mol. The molecular formula is C24H21FN4O. The summed E-state index contributed by atoms with van der Waals surface area (Å²) < 4.78 is 20.7. The number of pyridine rings is 1. The van der Waals surface area contributed by atoms with Gasteiger partial charge in [0, 0.05) is 42.0 Å². The Morgan fingerprint density at radius 1 is 1.10 bits per heavy atom. The Kier molecular flexibility index (Phi) is 4.85. The molecule has 2 aromatic carbocycles. The van der Waals surface area contributed by atoms with Gasteiger partial charge in [-0.15, -0.1) is 0 Å². The highest BCUT2D eigenvalue weighted by atomic mass is 19.1. The molecule has 0 saturated carbocycles. The summed E-state index contributed by atoms with van der Waals surface area (Å²) in [6.07, 6.45) is 6.08. The number of halogens is 1. The number of aromatic nitrogens is 3. The number of likely N-dealkylation sites (N-methyl/N-ethyl adjacent to an activating group) is 1. The van der Waals surface area contributed by atoms with Gasteiger partial charge in [-0.25, -0.2) is 19.3 Å². The summed E-state index contributed by atoms with van der Waals surface area (Å²) in [6.45, 7) is 2.03. The number of hydrogen-bond acceptors (Lipinski definition) is 5. The summed E-state index contributed by atoms with van der Waals surface area (Å²) in [5, 5.41) is 0.924. The van der Waals surface area contributed by atoms with Crippen molar-refractivity contribution in [2.45, 2.75) is 12.3 Å². The van der Waals surface area contributed by atoms with Crippen molar-refractivity contribution in [2.24, 2.45) is 0 Å². The normalized spacial score (nSPS) is 16.8. The van der Waals surface area contributed by atoms with Gasteiger partial charge in [-0.05, 0) is 67.4 Å². The highest BCUT2D eigenvalue weighted by Gasteiger charge is 2.24. The molecule has 1 atom stereocenters. The lowest BCUT2D eigenvalue weighted by Gasteiger charge is -2.16. The third kappa shape index (κ3) is 3.62. The van der Waals surface area contributed by atoms with Crippen molar-refractivity contribution >= 4 is 10.9 Å². The Morgan fingerprint density at radius 3 is 2.80 bits per heavy atom. The Hall–Kier alpha value is -3.38. The second kappa shape index (κ2) is 7.80. The number of likely N-dealkylation sites (tertiary alicyclic amines) is 1. The van der Waals surface area contributed by atoms with E-state index in [9.17, 15) is 0 Å². The van der Waals surface area contributed by atoms with Crippen molar-refractivity contribution < 1.29 is 9.13 Å². The molecule has 0 aliphatic carbocycles. The molecule has 1 aliphatic heterocycles. The molecule has 3 heterocycles. The summed E-state index contributed by atoms with van der Waals surface area (Å²) in [6, 6.07) is 14.3. The molecule has 0 N–H and O–H groups in total. The van der Waals surface area contributed by atoms with Gasteiger partial charge >= 0.3 is 0 Å². The van der Waals surface area contributed by atoms with Gasteiger partial charge in [-0.1, -0.05) is 6.07 Å². The van der Waals surface area contributed by atoms with Crippen LogP contribution in [-0.4, -0.2) is 40.0 Å². The SMILES string of the molecule is CN1CCC(c2cc(-c3ccc(Oc4ccccn4)cc3F)cc3cncnc23)C1. The highest BCUT2D eigenvalue weighted by Crippen LogP contribution is 2.36. The van der Waals surface area contributed by atoms with Crippen molar-refractivity contribution in [2.75, 3.05) is 20.1 Å². The van der Waals surface area contributed by atoms with E-state index >= 15 is 4.39 Å². The maximum atomic E-state index is 15.1. The first-order chi connectivity index (χ1) is 14.7. The summed E-state index contributed by atoms with van der Waals surface area (Å²) in [4.78, 5) is 15.1. The number of nitrogens with zero attached hydrogens (tertiary/aromatic N) is 4. The molecule has 0 radical (unpaired) electrons. The van der Waals surface area contributed by atoms with E-state index in [0.29, 0.717) is 23.1 Å². The third-order valence-corrected chi connectivity index (χ3v) is 5.58. The second-order valence-corrected chi connectivity index (χ2v) is 7.69. The maximum Gasteiger partial charge on any atom is 0.219 e. The molecule has 0 bridgehead atoms. The van der Waals surface area contributed by atoms with Crippen LogP contribution in [0.5, 0.6) is 11.6 Å². The molecule has 2 aromatic heterocycles. The van der Waals surface area contributed by atoms with E-state index in [1.165, 1.54) is 6.07 Å². The Morgan fingerprint density at radius 2 is 2.03 bits per heavy atom. The van der Waals surface area contributed by atoms with E-state index in [-0.39, 0.29) is 5.82 Å². The zero-order valence-electron chi connectivity index (χ0n) is 16.6. The third-order valence-electron chi connectivity index (χ3n) is 5.58. The summed E-state index contributed by atoms with van der Waals surface area (Å²) in [7, 11) is 2.13. The van der Waals surface area contributed by atoms with Crippen LogP contribution in [0.3, 0.4) is 0 Å². The van der Waals surface area contributed by atoms with E-state index in [0.717, 1.165) is 41.5 Å². The first kappa shape index (κ1) is 18.6. The van der Waals surface area contributed by atoms with Gasteiger partial charge in [-0.2, -0.15) is 0 Å². The van der Waals surface area contributed by atoms with Crippen molar-refractivity contribution in [1.29, 1.82) is 0 Å². The molecular weight excluding hydrogens is 379 g/mol. The van der Waals surface area contributed by atoms with Crippen LogP contribution in [-0.2, 0) is 0 Å². The molecule has 1 aliphatic rings. The van der Waals surface area contributed by atoms with Crippen LogP contribution in [0.25, 0.3) is 22.0 Å². The highest BCUT2D eigenvalue weighted by molar-refractivity contribution is 5.87. The largest absolute Gasteiger partial charge is 0.439 e. The van der Waals surface area contributed by atoms with E-state index in [1.54, 1.807) is 43.0 Å². The standard InChI is InChI=1S/C24H21FN4O/c1-29-9-7-16(14-29)21-11-17(10-18-13-26-15-28-24(18)21)20-6-5-19(12-22(20)25)30-23-4-2-3-8-27-23/h2-6,8,10-13,15-16H,7,9,14H2,1H3. The number of fused-ring (bicyclic) bond motifs is 1. The molecule has 6 heteroatoms. The second-order valence-electron chi connectivity index (χ2n) is 7.69. The van der Waals surface area contributed by atoms with Gasteiger partial charge in [0.25, 0.3) is 0 Å². The fourth-order valence-corrected chi connectivity index (χ4v) is 4.11. The van der Waals surface area contributed by atoms with Gasteiger partial charge in [0.1, 0.15) is 17.9 Å². The van der Waals surface area contributed by atoms with Crippen molar-refractivity contribution in [3.05, 3.63) is 78.6 Å². The zero-order chi connectivity index (χ0) is 20.5. The topological polar surface area (TPSA) is 51.1 Å². The van der Waals surface area contributed by atoms with Crippen molar-refractivity contribution in [3.63, 3.8) is 0 Å². The van der Waals surface area contributed by atoms with Gasteiger partial charge in [0.2, 0.25) is 5.88 Å². The fraction of sp³-hybridized carbons (Fsp3) is 0.208. The van der Waals surface area contributed by atoms with E-state index in [1.807, 2.05) is 12.1 Å². The van der Waals surface area contributed by atoms with Gasteiger partial charge in [0.15, 0.2) is 0 Å². The first-order valence-electron chi connectivity index (χ1n) is 9.98. The number of ether oxygens (including phenoxy) is 1. The number of hydrogen-bond donors (Lipinski definition) is 0. The molecule has 0 amide bonds. The van der Waals surface area contributed by atoms with Crippen LogP contribution in [0.4, 0.5) is 4.39 Å². The Labute approximate surface area is 174 Å². The van der Waals surface area contributed by atoms with E-state index in [4.69, 9.17) is 4.74 Å². The molecule has 5 rings (SSSR count). The van der Waals surface area contributed by atoms with Crippen LogP contribution < -0.4 is 4.74 Å². The lowest BCUT2D eigenvalue weighted by atomic mass is 9.91. The van der Waals surface area contributed by atoms with Gasteiger partial charge in [0.05, 0.1) is 5.52 Å². The van der Waals surface area contributed by atoms with Crippen molar-refractivity contribution in [3.8, 4) is 22.8 Å². The summed E-state index contributed by atoms with van der Waals surface area (Å²) in [5.41, 5.74) is 3.46. The molecule has 1 unspecified atom stereocenters. The quantitative estimate of drug-likeness (QED) is 0.480. The Balaban J connectivity index is 1.54. The molecule has 0 spiro atoms. The van der Waals surface area contributed by atoms with Crippen LogP contribution in [0.15, 0.2) is 67.3 Å². The lowest BCUT2D eigenvalue weighted by molar-refractivity contribution is 0.412. The maximum absolute atomic E-state index is 15.1. The first-order valence-corrected chi connectivity index (χ1v) is 9.98. The molecule has 4 aromatic rings. The van der Waals surface area contributed by atoms with E-state index in [2.05, 4.69) is 33.0 Å². The monoisotopic (exact) mass is 400 g/mol. The molecule has 30 heavy (non-hydrogen) atoms. The molecule has 1 saturated heterocycles. The van der Waals surface area contributed by atoms with E-state index < -0.39 is 0 Å². The molecule has 1 fully saturated rings. The predicted octanol–water partition coefficient (Wildman–Crippen LogP) is 5.04. The lowest BCUT2D eigenvalue weighted by Crippen LogP contribution is -2.13. The fourth-order valence-electron chi connectivity index (χ4n) is 4.11. The van der Waals surface area contributed by atoms with Gasteiger partial charge in [-0.3, -0.25) is 0 Å². The smallest absolute Gasteiger partial charge is 0.219 e. The summed E-state index contributed by atoms with van der Waals surface area (Å²) in [5.74, 6) is 0.883. The number of benzene rings is 2. The predicted molar refractivity (Wildman–Crippen MR) is 114 cm³/mol. The Bertz CT molecular complexity index is 1200. The minimum Gasteiger partial charge on any atom is -0.439 e. The molecule has 150 valence electrons. The van der Waals surface area contributed by atoms with Gasteiger partial charge < -0.3 is 9.64 Å². The zero-order valence-corrected chi connectivity index (χ0v) is 16.6. The minimum absolute atomic E-state index is 0.339.